The molecule has 82 valence electrons. The first-order valence-electron chi connectivity index (χ1n) is 6.06. The predicted molar refractivity (Wildman–Crippen MR) is 60.2 cm³/mol. The van der Waals surface area contributed by atoms with Gasteiger partial charge in [0.05, 0.1) is 0 Å². The number of hydrogen-bond donors (Lipinski definition) is 1. The highest BCUT2D eigenvalue weighted by molar-refractivity contribution is 5.02. The van der Waals surface area contributed by atoms with E-state index in [1.165, 1.54) is 38.5 Å². The molecular weight excluding hydrogens is 172 g/mol. The molecule has 2 nitrogen and oxygen atoms in total. The van der Waals surface area contributed by atoms with E-state index in [0.29, 0.717) is 5.41 Å². The zero-order chi connectivity index (χ0) is 10.2. The molecule has 0 aliphatic heterocycles. The van der Waals surface area contributed by atoms with Crippen LogP contribution in [0.15, 0.2) is 0 Å². The molecule has 0 aromatic rings. The van der Waals surface area contributed by atoms with Gasteiger partial charge in [-0.15, -0.1) is 0 Å². The first kappa shape index (κ1) is 10.4. The summed E-state index contributed by atoms with van der Waals surface area (Å²) in [4.78, 5) is 2.44. The molecule has 2 saturated carbocycles. The zero-order valence-corrected chi connectivity index (χ0v) is 9.63. The van der Waals surface area contributed by atoms with Crippen LogP contribution >= 0.6 is 0 Å². The molecule has 0 saturated heterocycles. The molecule has 2 fully saturated rings. The van der Waals surface area contributed by atoms with Gasteiger partial charge in [-0.3, -0.25) is 0 Å². The summed E-state index contributed by atoms with van der Waals surface area (Å²) in [6.45, 7) is 0.895. The molecule has 14 heavy (non-hydrogen) atoms. The van der Waals surface area contributed by atoms with Crippen molar-refractivity contribution in [3.05, 3.63) is 0 Å². The Morgan fingerprint density at radius 3 is 2.14 bits per heavy atom. The van der Waals surface area contributed by atoms with Gasteiger partial charge in [-0.25, -0.2) is 0 Å². The van der Waals surface area contributed by atoms with Crippen LogP contribution in [0.3, 0.4) is 0 Å². The van der Waals surface area contributed by atoms with Crippen molar-refractivity contribution in [2.24, 2.45) is 17.1 Å². The first-order chi connectivity index (χ1) is 6.69. The number of rotatable bonds is 4. The lowest BCUT2D eigenvalue weighted by molar-refractivity contribution is -0.0271. The maximum atomic E-state index is 6.00. The van der Waals surface area contributed by atoms with Gasteiger partial charge in [0.25, 0.3) is 0 Å². The topological polar surface area (TPSA) is 29.3 Å². The number of nitrogens with zero attached hydrogens (tertiary/aromatic N) is 1. The lowest BCUT2D eigenvalue weighted by atomic mass is 9.57. The Bertz CT molecular complexity index is 187. The van der Waals surface area contributed by atoms with Crippen molar-refractivity contribution >= 4 is 0 Å². The van der Waals surface area contributed by atoms with E-state index >= 15 is 0 Å². The standard InChI is InChI=1S/C12H24N2/c1-14(2)11(10-5-3-6-10)12(9-13)7-4-8-12/h10-11H,3-9,13H2,1-2H3. The van der Waals surface area contributed by atoms with Crippen LogP contribution in [-0.4, -0.2) is 31.6 Å². The molecule has 2 aliphatic carbocycles. The molecule has 0 bridgehead atoms. The van der Waals surface area contributed by atoms with Crippen molar-refractivity contribution in [1.82, 2.24) is 4.90 Å². The quantitative estimate of drug-likeness (QED) is 0.743. The Balaban J connectivity index is 2.08. The summed E-state index contributed by atoms with van der Waals surface area (Å²) in [7, 11) is 4.47. The average molecular weight is 196 g/mol. The molecule has 2 rings (SSSR count). The highest BCUT2D eigenvalue weighted by Crippen LogP contribution is 2.50. The van der Waals surface area contributed by atoms with Crippen molar-refractivity contribution in [1.29, 1.82) is 0 Å². The number of hydrogen-bond acceptors (Lipinski definition) is 2. The Hall–Kier alpha value is -0.0800. The van der Waals surface area contributed by atoms with Crippen LogP contribution < -0.4 is 5.73 Å². The summed E-state index contributed by atoms with van der Waals surface area (Å²) in [6.07, 6.45) is 8.44. The minimum atomic E-state index is 0.481. The third kappa shape index (κ3) is 1.49. The van der Waals surface area contributed by atoms with Gasteiger partial charge in [0.2, 0.25) is 0 Å². The van der Waals surface area contributed by atoms with Crippen LogP contribution in [0.1, 0.15) is 38.5 Å². The molecule has 0 aromatic heterocycles. The fourth-order valence-electron chi connectivity index (χ4n) is 3.48. The van der Waals surface area contributed by atoms with Gasteiger partial charge in [-0.05, 0) is 57.7 Å². The molecule has 2 N–H and O–H groups in total. The van der Waals surface area contributed by atoms with Crippen LogP contribution in [0.25, 0.3) is 0 Å². The summed E-state index contributed by atoms with van der Waals surface area (Å²) in [5, 5.41) is 0. The highest BCUT2D eigenvalue weighted by Gasteiger charge is 2.48. The Morgan fingerprint density at radius 2 is 1.93 bits per heavy atom. The van der Waals surface area contributed by atoms with E-state index < -0.39 is 0 Å². The smallest absolute Gasteiger partial charge is 0.0186 e. The van der Waals surface area contributed by atoms with E-state index in [1.807, 2.05) is 0 Å². The Labute approximate surface area is 87.8 Å². The first-order valence-corrected chi connectivity index (χ1v) is 6.06. The number of nitrogens with two attached hydrogens (primary N) is 1. The summed E-state index contributed by atoms with van der Waals surface area (Å²) in [5.74, 6) is 0.939. The fourth-order valence-corrected chi connectivity index (χ4v) is 3.48. The summed E-state index contributed by atoms with van der Waals surface area (Å²) >= 11 is 0. The molecule has 0 aromatic carbocycles. The van der Waals surface area contributed by atoms with Gasteiger partial charge in [-0.2, -0.15) is 0 Å². The second-order valence-electron chi connectivity index (χ2n) is 5.52. The molecule has 0 spiro atoms. The predicted octanol–water partition coefficient (Wildman–Crippen LogP) is 1.85. The van der Waals surface area contributed by atoms with E-state index in [0.717, 1.165) is 18.5 Å². The van der Waals surface area contributed by atoms with Crippen LogP contribution in [0, 0.1) is 11.3 Å². The fraction of sp³-hybridized carbons (Fsp3) is 1.00. The summed E-state index contributed by atoms with van der Waals surface area (Å²) in [6, 6.07) is 0.759. The Kier molecular flexibility index (Phi) is 2.85. The highest BCUT2D eigenvalue weighted by atomic mass is 15.1. The second kappa shape index (κ2) is 3.82. The molecule has 0 amide bonds. The lowest BCUT2D eigenvalue weighted by Gasteiger charge is -2.54. The summed E-state index contributed by atoms with van der Waals surface area (Å²) in [5.41, 5.74) is 6.48. The van der Waals surface area contributed by atoms with E-state index in [9.17, 15) is 0 Å². The second-order valence-corrected chi connectivity index (χ2v) is 5.52. The normalized spacial score (nSPS) is 28.3. The zero-order valence-electron chi connectivity index (χ0n) is 9.63. The molecule has 0 radical (unpaired) electrons. The van der Waals surface area contributed by atoms with Crippen LogP contribution in [-0.2, 0) is 0 Å². The van der Waals surface area contributed by atoms with Crippen molar-refractivity contribution in [3.8, 4) is 0 Å². The minimum absolute atomic E-state index is 0.481. The van der Waals surface area contributed by atoms with Gasteiger partial charge in [0.15, 0.2) is 0 Å². The van der Waals surface area contributed by atoms with Crippen molar-refractivity contribution in [2.75, 3.05) is 20.6 Å². The van der Waals surface area contributed by atoms with Gasteiger partial charge in [-0.1, -0.05) is 12.8 Å². The lowest BCUT2D eigenvalue weighted by Crippen LogP contribution is -2.57. The third-order valence-corrected chi connectivity index (χ3v) is 4.54. The van der Waals surface area contributed by atoms with Crippen molar-refractivity contribution in [2.45, 2.75) is 44.6 Å². The van der Waals surface area contributed by atoms with E-state index in [2.05, 4.69) is 19.0 Å². The van der Waals surface area contributed by atoms with E-state index in [1.54, 1.807) is 0 Å². The summed E-state index contributed by atoms with van der Waals surface area (Å²) < 4.78 is 0. The van der Waals surface area contributed by atoms with Crippen molar-refractivity contribution < 1.29 is 0 Å². The SMILES string of the molecule is CN(C)C(C1CCC1)C1(CN)CCC1. The maximum Gasteiger partial charge on any atom is 0.0186 e. The molecule has 2 heteroatoms. The van der Waals surface area contributed by atoms with Gasteiger partial charge in [0, 0.05) is 6.04 Å². The average Bonchev–Trinajstić information content (AvgIpc) is 1.97. The van der Waals surface area contributed by atoms with Gasteiger partial charge >= 0.3 is 0 Å². The minimum Gasteiger partial charge on any atom is -0.330 e. The van der Waals surface area contributed by atoms with E-state index in [-0.39, 0.29) is 0 Å². The van der Waals surface area contributed by atoms with Gasteiger partial charge < -0.3 is 10.6 Å². The third-order valence-electron chi connectivity index (χ3n) is 4.54. The van der Waals surface area contributed by atoms with Crippen LogP contribution in [0.4, 0.5) is 0 Å². The van der Waals surface area contributed by atoms with Crippen LogP contribution in [0.5, 0.6) is 0 Å². The largest absolute Gasteiger partial charge is 0.330 e. The molecule has 2 aliphatic rings. The van der Waals surface area contributed by atoms with E-state index in [4.69, 9.17) is 5.73 Å². The maximum absolute atomic E-state index is 6.00. The van der Waals surface area contributed by atoms with Crippen molar-refractivity contribution in [3.63, 3.8) is 0 Å². The van der Waals surface area contributed by atoms with Gasteiger partial charge in [0.1, 0.15) is 0 Å². The molecule has 1 unspecified atom stereocenters. The molecular formula is C12H24N2. The molecule has 1 atom stereocenters. The monoisotopic (exact) mass is 196 g/mol. The Morgan fingerprint density at radius 1 is 1.29 bits per heavy atom. The van der Waals surface area contributed by atoms with Crippen LogP contribution in [0.2, 0.25) is 0 Å². The molecule has 0 heterocycles.